The van der Waals surface area contributed by atoms with E-state index in [9.17, 15) is 14.3 Å². The molecular weight excluding hydrogens is 461 g/mol. The summed E-state index contributed by atoms with van der Waals surface area (Å²) >= 11 is 1.58. The van der Waals surface area contributed by atoms with Crippen LogP contribution in [0.1, 0.15) is 50.0 Å². The van der Waals surface area contributed by atoms with Crippen molar-refractivity contribution in [1.29, 1.82) is 0 Å². The Labute approximate surface area is 210 Å². The monoisotopic (exact) mass is 493 g/mol. The van der Waals surface area contributed by atoms with Gasteiger partial charge < -0.3 is 10.4 Å². The SMILES string of the molecule is CC(C)(CO)CCCNC(=O)C1(C)C(c2cccs2)C(c2ccc(F)cc2)=NN1c1ccccc1. The van der Waals surface area contributed by atoms with E-state index >= 15 is 0 Å². The Morgan fingerprint density at radius 2 is 1.86 bits per heavy atom. The molecule has 0 radical (unpaired) electrons. The Morgan fingerprint density at radius 1 is 1.14 bits per heavy atom. The van der Waals surface area contributed by atoms with Gasteiger partial charge in [-0.05, 0) is 66.5 Å². The summed E-state index contributed by atoms with van der Waals surface area (Å²) in [5, 5.41) is 21.5. The van der Waals surface area contributed by atoms with Gasteiger partial charge in [0, 0.05) is 18.0 Å². The van der Waals surface area contributed by atoms with Crippen molar-refractivity contribution in [3.63, 3.8) is 0 Å². The van der Waals surface area contributed by atoms with E-state index in [1.54, 1.807) is 23.5 Å². The average molecular weight is 494 g/mol. The topological polar surface area (TPSA) is 64.9 Å². The minimum absolute atomic E-state index is 0.107. The lowest BCUT2D eigenvalue weighted by atomic mass is 9.78. The molecule has 0 fully saturated rings. The smallest absolute Gasteiger partial charge is 0.248 e. The number of amides is 1. The molecule has 2 aromatic carbocycles. The fourth-order valence-corrected chi connectivity index (χ4v) is 5.47. The van der Waals surface area contributed by atoms with Crippen LogP contribution in [-0.2, 0) is 4.79 Å². The predicted molar refractivity (Wildman–Crippen MR) is 140 cm³/mol. The van der Waals surface area contributed by atoms with Crippen LogP contribution in [-0.4, -0.2) is 35.4 Å². The zero-order chi connectivity index (χ0) is 25.1. The maximum atomic E-state index is 14.0. The number of hydrazone groups is 1. The Balaban J connectivity index is 1.72. The van der Waals surface area contributed by atoms with Crippen LogP contribution in [0.25, 0.3) is 0 Å². The molecule has 184 valence electrons. The van der Waals surface area contributed by atoms with Gasteiger partial charge in [-0.1, -0.05) is 50.2 Å². The average Bonchev–Trinajstić information content (AvgIpc) is 3.49. The number of nitrogens with one attached hydrogen (secondary N) is 1. The van der Waals surface area contributed by atoms with Crippen LogP contribution < -0.4 is 10.3 Å². The number of carbonyl (C=O) groups excluding carboxylic acids is 1. The van der Waals surface area contributed by atoms with Crippen LogP contribution in [0, 0.1) is 11.2 Å². The summed E-state index contributed by atoms with van der Waals surface area (Å²) in [6.07, 6.45) is 1.56. The van der Waals surface area contributed by atoms with E-state index in [2.05, 4.69) is 5.32 Å². The summed E-state index contributed by atoms with van der Waals surface area (Å²) in [5.74, 6) is -0.782. The largest absolute Gasteiger partial charge is 0.396 e. The molecule has 3 aromatic rings. The molecule has 0 aliphatic carbocycles. The van der Waals surface area contributed by atoms with Crippen LogP contribution >= 0.6 is 11.3 Å². The fraction of sp³-hybridized carbons (Fsp3) is 0.357. The van der Waals surface area contributed by atoms with Crippen molar-refractivity contribution in [2.45, 2.75) is 45.1 Å². The number of hydrogen-bond acceptors (Lipinski definition) is 5. The number of benzene rings is 2. The van der Waals surface area contributed by atoms with Gasteiger partial charge in [-0.15, -0.1) is 11.3 Å². The number of halogens is 1. The van der Waals surface area contributed by atoms with Crippen LogP contribution in [0.4, 0.5) is 10.1 Å². The van der Waals surface area contributed by atoms with Crippen LogP contribution in [0.3, 0.4) is 0 Å². The Bertz CT molecular complexity index is 1160. The van der Waals surface area contributed by atoms with Gasteiger partial charge in [0.25, 0.3) is 0 Å². The van der Waals surface area contributed by atoms with Gasteiger partial charge in [0.1, 0.15) is 5.82 Å². The number of nitrogens with zero attached hydrogens (tertiary/aromatic N) is 2. The van der Waals surface area contributed by atoms with Crippen molar-refractivity contribution in [1.82, 2.24) is 5.32 Å². The van der Waals surface area contributed by atoms with E-state index in [-0.39, 0.29) is 29.7 Å². The highest BCUT2D eigenvalue weighted by Gasteiger charge is 2.55. The van der Waals surface area contributed by atoms with Crippen LogP contribution in [0.15, 0.2) is 77.2 Å². The lowest BCUT2D eigenvalue weighted by Crippen LogP contribution is -2.57. The second-order valence-electron chi connectivity index (χ2n) is 9.92. The highest BCUT2D eigenvalue weighted by molar-refractivity contribution is 7.10. The molecule has 0 spiro atoms. The van der Waals surface area contributed by atoms with Crippen molar-refractivity contribution in [3.05, 3.63) is 88.4 Å². The Hall–Kier alpha value is -3.03. The second-order valence-corrected chi connectivity index (χ2v) is 10.9. The van der Waals surface area contributed by atoms with Crippen molar-refractivity contribution in [3.8, 4) is 0 Å². The first kappa shape index (κ1) is 25.1. The normalized spacial score (nSPS) is 20.1. The first-order valence-electron chi connectivity index (χ1n) is 11.9. The minimum atomic E-state index is -1.04. The molecular formula is C28H32FN3O2S. The maximum Gasteiger partial charge on any atom is 0.248 e. The summed E-state index contributed by atoms with van der Waals surface area (Å²) in [4.78, 5) is 15.0. The molecule has 4 rings (SSSR count). The number of aliphatic hydroxyl groups excluding tert-OH is 1. The summed E-state index contributed by atoms with van der Waals surface area (Å²) < 4.78 is 13.7. The number of carbonyl (C=O) groups is 1. The number of rotatable bonds is 9. The fourth-order valence-electron chi connectivity index (χ4n) is 4.52. The molecule has 2 N–H and O–H groups in total. The van der Waals surface area contributed by atoms with Gasteiger partial charge >= 0.3 is 0 Å². The number of aliphatic hydroxyl groups is 1. The Morgan fingerprint density at radius 3 is 2.49 bits per heavy atom. The van der Waals surface area contributed by atoms with Gasteiger partial charge in [0.05, 0.1) is 17.3 Å². The Kier molecular flexibility index (Phi) is 7.38. The molecule has 0 bridgehead atoms. The first-order valence-corrected chi connectivity index (χ1v) is 12.8. The van der Waals surface area contributed by atoms with Gasteiger partial charge in [0.2, 0.25) is 5.91 Å². The van der Waals surface area contributed by atoms with E-state index in [0.29, 0.717) is 6.54 Å². The van der Waals surface area contributed by atoms with Gasteiger partial charge in [-0.3, -0.25) is 4.79 Å². The lowest BCUT2D eigenvalue weighted by Gasteiger charge is -2.37. The van der Waals surface area contributed by atoms with Gasteiger partial charge in [-0.2, -0.15) is 5.10 Å². The standard InChI is InChI=1S/C28H32FN3O2S/c1-27(2,19-33)16-8-17-30-26(34)28(3)24(23-11-7-18-35-23)25(20-12-14-21(29)15-13-20)31-32(28)22-9-5-4-6-10-22/h4-7,9-15,18,24,33H,8,16-17,19H2,1-3H3,(H,30,34). The summed E-state index contributed by atoms with van der Waals surface area (Å²) in [6.45, 7) is 6.57. The van der Waals surface area contributed by atoms with Crippen molar-refractivity contribution in [2.75, 3.05) is 18.2 Å². The number of para-hydroxylation sites is 1. The lowest BCUT2D eigenvalue weighted by molar-refractivity contribution is -0.126. The summed E-state index contributed by atoms with van der Waals surface area (Å²) in [7, 11) is 0. The third-order valence-corrected chi connectivity index (χ3v) is 7.59. The third-order valence-electron chi connectivity index (χ3n) is 6.66. The van der Waals surface area contributed by atoms with Gasteiger partial charge in [0.15, 0.2) is 5.54 Å². The predicted octanol–water partition coefficient (Wildman–Crippen LogP) is 5.57. The molecule has 2 unspecified atom stereocenters. The first-order chi connectivity index (χ1) is 16.8. The number of thiophene rings is 1. The molecule has 0 saturated carbocycles. The molecule has 2 atom stereocenters. The van der Waals surface area contributed by atoms with E-state index < -0.39 is 5.54 Å². The van der Waals surface area contributed by atoms with E-state index in [4.69, 9.17) is 5.10 Å². The van der Waals surface area contributed by atoms with Crippen molar-refractivity contribution >= 4 is 28.6 Å². The van der Waals surface area contributed by atoms with E-state index in [1.807, 2.05) is 73.6 Å². The van der Waals surface area contributed by atoms with Crippen molar-refractivity contribution in [2.24, 2.45) is 10.5 Å². The minimum Gasteiger partial charge on any atom is -0.396 e. The molecule has 1 aliphatic heterocycles. The molecule has 7 heteroatoms. The second kappa shape index (κ2) is 10.3. The highest BCUT2D eigenvalue weighted by Crippen LogP contribution is 2.46. The van der Waals surface area contributed by atoms with Crippen molar-refractivity contribution < 1.29 is 14.3 Å². The molecule has 1 aromatic heterocycles. The van der Waals surface area contributed by atoms with E-state index in [1.165, 1.54) is 12.1 Å². The van der Waals surface area contributed by atoms with Gasteiger partial charge in [-0.25, -0.2) is 9.40 Å². The van der Waals surface area contributed by atoms with Crippen LogP contribution in [0.2, 0.25) is 0 Å². The zero-order valence-corrected chi connectivity index (χ0v) is 21.2. The highest BCUT2D eigenvalue weighted by atomic mass is 32.1. The maximum absolute atomic E-state index is 14.0. The third kappa shape index (κ3) is 5.16. The molecule has 2 heterocycles. The zero-order valence-electron chi connectivity index (χ0n) is 20.4. The summed E-state index contributed by atoms with van der Waals surface area (Å²) in [6, 6.07) is 20.0. The summed E-state index contributed by atoms with van der Waals surface area (Å²) in [5.41, 5.74) is 1.10. The van der Waals surface area contributed by atoms with Crippen LogP contribution in [0.5, 0.6) is 0 Å². The molecule has 1 amide bonds. The molecule has 5 nitrogen and oxygen atoms in total. The number of hydrogen-bond donors (Lipinski definition) is 2. The number of anilines is 1. The quantitative estimate of drug-likeness (QED) is 0.383. The molecule has 35 heavy (non-hydrogen) atoms. The molecule has 0 saturated heterocycles. The molecule has 1 aliphatic rings. The van der Waals surface area contributed by atoms with E-state index in [0.717, 1.165) is 34.7 Å².